The summed E-state index contributed by atoms with van der Waals surface area (Å²) in [4.78, 5) is 3.80. The minimum atomic E-state index is -0.314. The Bertz CT molecular complexity index is 427. The molecule has 1 aromatic heterocycles. The molecule has 0 saturated heterocycles. The first kappa shape index (κ1) is 9.21. The van der Waals surface area contributed by atoms with Gasteiger partial charge in [0.05, 0.1) is 6.20 Å². The van der Waals surface area contributed by atoms with E-state index in [-0.39, 0.29) is 11.9 Å². The van der Waals surface area contributed by atoms with Crippen LogP contribution in [-0.2, 0) is 0 Å². The zero-order valence-electron chi connectivity index (χ0n) is 6.91. The average Bonchev–Trinajstić information content (AvgIpc) is 2.56. The molecule has 0 fully saturated rings. The van der Waals surface area contributed by atoms with Gasteiger partial charge >= 0.3 is 6.08 Å². The molecule has 1 heterocycles. The third-order valence-corrected chi connectivity index (χ3v) is 1.84. The molecule has 0 atom stereocenters. The van der Waals surface area contributed by atoms with Gasteiger partial charge in [0.15, 0.2) is 4.67 Å². The molecule has 0 unspecified atom stereocenters. The largest absolute Gasteiger partial charge is 0.411 e. The number of nitrogens with zero attached hydrogens (tertiary/aromatic N) is 1. The summed E-state index contributed by atoms with van der Waals surface area (Å²) in [5, 5.41) is 0. The second-order valence-electron chi connectivity index (χ2n) is 2.49. The first-order valence-corrected chi connectivity index (χ1v) is 4.58. The zero-order valence-corrected chi connectivity index (χ0v) is 8.49. The van der Waals surface area contributed by atoms with Crippen LogP contribution >= 0.6 is 15.9 Å². The molecule has 2 rings (SSSR count). The van der Waals surface area contributed by atoms with Gasteiger partial charge in [-0.25, -0.2) is 4.39 Å². The predicted molar refractivity (Wildman–Crippen MR) is 50.7 cm³/mol. The minimum Gasteiger partial charge on any atom is -0.411 e. The number of ether oxygens (including phenoxy) is 1. The quantitative estimate of drug-likeness (QED) is 0.828. The van der Waals surface area contributed by atoms with Gasteiger partial charge in [-0.15, -0.1) is 0 Å². The fraction of sp³-hybridized carbons (Fsp3) is 0. The highest BCUT2D eigenvalue weighted by Gasteiger charge is 2.03. The summed E-state index contributed by atoms with van der Waals surface area (Å²) in [6.45, 7) is 0. The second-order valence-corrected chi connectivity index (χ2v) is 3.27. The third kappa shape index (κ3) is 2.11. The Kier molecular flexibility index (Phi) is 2.49. The second kappa shape index (κ2) is 3.79. The van der Waals surface area contributed by atoms with Crippen molar-refractivity contribution in [1.29, 1.82) is 0 Å². The van der Waals surface area contributed by atoms with E-state index in [2.05, 4.69) is 20.9 Å². The van der Waals surface area contributed by atoms with E-state index < -0.39 is 0 Å². The topological polar surface area (TPSA) is 35.3 Å². The normalized spacial score (nSPS) is 10.1. The van der Waals surface area contributed by atoms with Crippen LogP contribution in [0.2, 0.25) is 0 Å². The van der Waals surface area contributed by atoms with Gasteiger partial charge in [0.1, 0.15) is 11.6 Å². The Hall–Kier alpha value is -1.36. The van der Waals surface area contributed by atoms with E-state index in [1.165, 1.54) is 30.5 Å². The monoisotopic (exact) mass is 257 g/mol. The fourth-order valence-corrected chi connectivity index (χ4v) is 1.13. The maximum absolute atomic E-state index is 12.5. The van der Waals surface area contributed by atoms with E-state index in [1.54, 1.807) is 0 Å². The van der Waals surface area contributed by atoms with Gasteiger partial charge in [0, 0.05) is 0 Å². The molecule has 0 aliphatic heterocycles. The highest BCUT2D eigenvalue weighted by Crippen LogP contribution is 2.23. The van der Waals surface area contributed by atoms with Crippen LogP contribution in [0, 0.1) is 5.82 Å². The third-order valence-electron chi connectivity index (χ3n) is 1.48. The van der Waals surface area contributed by atoms with Crippen LogP contribution in [0.15, 0.2) is 39.5 Å². The van der Waals surface area contributed by atoms with Crippen LogP contribution in [-0.4, -0.2) is 4.98 Å². The van der Waals surface area contributed by atoms with E-state index >= 15 is 0 Å². The van der Waals surface area contributed by atoms with Crippen molar-refractivity contribution >= 4 is 15.9 Å². The lowest BCUT2D eigenvalue weighted by molar-refractivity contribution is 0.323. The van der Waals surface area contributed by atoms with Crippen LogP contribution in [0.5, 0.6) is 11.8 Å². The lowest BCUT2D eigenvalue weighted by atomic mass is 10.3. The van der Waals surface area contributed by atoms with Gasteiger partial charge in [-0.05, 0) is 40.2 Å². The number of oxazole rings is 1. The van der Waals surface area contributed by atoms with Crippen LogP contribution in [0.4, 0.5) is 4.39 Å². The molecule has 3 nitrogen and oxygen atoms in total. The standard InChI is InChI=1S/C9H5BrFNO2/c10-8-5-12-9(14-8)13-7-3-1-6(11)2-4-7/h1-5H. The van der Waals surface area contributed by atoms with Crippen LogP contribution in [0.1, 0.15) is 0 Å². The van der Waals surface area contributed by atoms with Crippen molar-refractivity contribution in [1.82, 2.24) is 4.98 Å². The highest BCUT2D eigenvalue weighted by molar-refractivity contribution is 9.10. The lowest BCUT2D eigenvalue weighted by Gasteiger charge is -1.98. The van der Waals surface area contributed by atoms with Crippen molar-refractivity contribution in [2.24, 2.45) is 0 Å². The molecule has 0 aliphatic carbocycles. The summed E-state index contributed by atoms with van der Waals surface area (Å²) in [6.07, 6.45) is 1.59. The smallest absolute Gasteiger partial charge is 0.400 e. The van der Waals surface area contributed by atoms with Gasteiger partial charge in [-0.1, -0.05) is 0 Å². The van der Waals surface area contributed by atoms with Crippen LogP contribution in [0.3, 0.4) is 0 Å². The molecule has 0 radical (unpaired) electrons. The van der Waals surface area contributed by atoms with Gasteiger partial charge in [0.2, 0.25) is 0 Å². The molecule has 14 heavy (non-hydrogen) atoms. The van der Waals surface area contributed by atoms with Crippen molar-refractivity contribution < 1.29 is 13.5 Å². The Morgan fingerprint density at radius 2 is 2.00 bits per heavy atom. The zero-order chi connectivity index (χ0) is 9.97. The van der Waals surface area contributed by atoms with E-state index in [1.807, 2.05) is 0 Å². The summed E-state index contributed by atoms with van der Waals surface area (Å²) < 4.78 is 23.2. The molecule has 5 heteroatoms. The number of hydrogen-bond acceptors (Lipinski definition) is 3. The molecular formula is C9H5BrFNO2. The van der Waals surface area contributed by atoms with Crippen LogP contribution < -0.4 is 4.74 Å². The molecule has 1 aromatic carbocycles. The summed E-state index contributed by atoms with van der Waals surface area (Å²) in [5.41, 5.74) is 0. The van der Waals surface area contributed by atoms with Crippen molar-refractivity contribution in [3.8, 4) is 11.8 Å². The highest BCUT2D eigenvalue weighted by atomic mass is 79.9. The van der Waals surface area contributed by atoms with Crippen molar-refractivity contribution in [3.05, 3.63) is 40.9 Å². The van der Waals surface area contributed by atoms with E-state index in [0.29, 0.717) is 10.4 Å². The summed E-state index contributed by atoms with van der Waals surface area (Å²) in [5.74, 6) is 0.159. The number of benzene rings is 1. The SMILES string of the molecule is Fc1ccc(Oc2ncc(Br)o2)cc1. The molecule has 0 amide bonds. The Labute approximate surface area is 87.6 Å². The number of rotatable bonds is 2. The van der Waals surface area contributed by atoms with Crippen molar-refractivity contribution in [3.63, 3.8) is 0 Å². The summed E-state index contributed by atoms with van der Waals surface area (Å²) in [6, 6.07) is 5.58. The van der Waals surface area contributed by atoms with Gasteiger partial charge in [-0.2, -0.15) is 4.98 Å². The number of halogens is 2. The van der Waals surface area contributed by atoms with Crippen molar-refractivity contribution in [2.45, 2.75) is 0 Å². The molecule has 0 saturated carbocycles. The van der Waals surface area contributed by atoms with E-state index in [4.69, 9.17) is 9.15 Å². The lowest BCUT2D eigenvalue weighted by Crippen LogP contribution is -1.83. The molecule has 0 spiro atoms. The van der Waals surface area contributed by atoms with E-state index in [9.17, 15) is 4.39 Å². The average molecular weight is 258 g/mol. The van der Waals surface area contributed by atoms with Gasteiger partial charge in [-0.3, -0.25) is 0 Å². The fourth-order valence-electron chi connectivity index (χ4n) is 0.890. The maximum Gasteiger partial charge on any atom is 0.400 e. The first-order valence-electron chi connectivity index (χ1n) is 3.79. The Morgan fingerprint density at radius 1 is 1.29 bits per heavy atom. The molecular weight excluding hydrogens is 253 g/mol. The number of aromatic nitrogens is 1. The molecule has 72 valence electrons. The molecule has 0 aliphatic rings. The Balaban J connectivity index is 2.15. The summed E-state index contributed by atoms with van der Waals surface area (Å²) in [7, 11) is 0. The molecule has 0 N–H and O–H groups in total. The number of hydrogen-bond donors (Lipinski definition) is 0. The Morgan fingerprint density at radius 3 is 2.57 bits per heavy atom. The van der Waals surface area contributed by atoms with Gasteiger partial charge < -0.3 is 9.15 Å². The predicted octanol–water partition coefficient (Wildman–Crippen LogP) is 3.37. The first-order chi connectivity index (χ1) is 6.74. The van der Waals surface area contributed by atoms with Crippen LogP contribution in [0.25, 0.3) is 0 Å². The summed E-state index contributed by atoms with van der Waals surface area (Å²) >= 11 is 3.09. The molecule has 0 bridgehead atoms. The van der Waals surface area contributed by atoms with Crippen molar-refractivity contribution in [2.75, 3.05) is 0 Å². The maximum atomic E-state index is 12.5. The molecule has 2 aromatic rings. The minimum absolute atomic E-state index is 0.114. The van der Waals surface area contributed by atoms with E-state index in [0.717, 1.165) is 0 Å². The van der Waals surface area contributed by atoms with Gasteiger partial charge in [0.25, 0.3) is 0 Å².